The van der Waals surface area contributed by atoms with Crippen LogP contribution in [0.25, 0.3) is 5.69 Å². The first-order chi connectivity index (χ1) is 9.32. The van der Waals surface area contributed by atoms with E-state index in [1.807, 2.05) is 13.8 Å². The van der Waals surface area contributed by atoms with Crippen molar-refractivity contribution in [3.63, 3.8) is 0 Å². The first kappa shape index (κ1) is 15.2. The normalized spacial score (nSPS) is 11.1. The van der Waals surface area contributed by atoms with Crippen molar-refractivity contribution < 1.29 is 9.90 Å². The van der Waals surface area contributed by atoms with Gasteiger partial charge in [-0.25, -0.2) is 9.48 Å². The predicted molar refractivity (Wildman–Crippen MR) is 79.6 cm³/mol. The molecule has 1 aromatic carbocycles. The number of halogens is 3. The van der Waals surface area contributed by atoms with Crippen LogP contribution in [0.2, 0.25) is 15.2 Å². The van der Waals surface area contributed by atoms with Crippen LogP contribution in [0.1, 0.15) is 35.8 Å². The van der Waals surface area contributed by atoms with Gasteiger partial charge in [-0.15, -0.1) is 0 Å². The number of benzene rings is 1. The Hall–Kier alpha value is -1.23. The second-order valence-electron chi connectivity index (χ2n) is 4.52. The van der Waals surface area contributed by atoms with Gasteiger partial charge in [0.15, 0.2) is 0 Å². The van der Waals surface area contributed by atoms with Crippen LogP contribution < -0.4 is 0 Å². The standard InChI is InChI=1S/C13H11Cl3N2O2/c1-6(2)11-10(13(19)20)12(16)18(17-11)7-3-4-8(14)9(15)5-7/h3-6H,1-2H3,(H,19,20). The molecule has 0 bridgehead atoms. The number of hydrogen-bond acceptors (Lipinski definition) is 2. The van der Waals surface area contributed by atoms with E-state index in [-0.39, 0.29) is 16.6 Å². The number of hydrogen-bond donors (Lipinski definition) is 1. The molecule has 0 aliphatic rings. The van der Waals surface area contributed by atoms with Gasteiger partial charge in [0.25, 0.3) is 0 Å². The average molecular weight is 334 g/mol. The average Bonchev–Trinajstić information content (AvgIpc) is 2.71. The zero-order valence-corrected chi connectivity index (χ0v) is 13.0. The molecule has 1 N–H and O–H groups in total. The lowest BCUT2D eigenvalue weighted by Crippen LogP contribution is -2.01. The van der Waals surface area contributed by atoms with Gasteiger partial charge in [0.1, 0.15) is 10.7 Å². The van der Waals surface area contributed by atoms with Gasteiger partial charge in [0, 0.05) is 0 Å². The van der Waals surface area contributed by atoms with Crippen molar-refractivity contribution in [2.45, 2.75) is 19.8 Å². The molecule has 1 aromatic heterocycles. The monoisotopic (exact) mass is 332 g/mol. The van der Waals surface area contributed by atoms with E-state index in [1.54, 1.807) is 18.2 Å². The summed E-state index contributed by atoms with van der Waals surface area (Å²) in [6.45, 7) is 3.70. The maximum atomic E-state index is 11.3. The van der Waals surface area contributed by atoms with Crippen LogP contribution in [-0.4, -0.2) is 20.9 Å². The van der Waals surface area contributed by atoms with Crippen molar-refractivity contribution in [2.75, 3.05) is 0 Å². The Kier molecular flexibility index (Phi) is 4.28. The minimum atomic E-state index is -1.11. The van der Waals surface area contributed by atoms with E-state index in [4.69, 9.17) is 34.8 Å². The van der Waals surface area contributed by atoms with Gasteiger partial charge < -0.3 is 5.11 Å². The Morgan fingerprint density at radius 1 is 1.25 bits per heavy atom. The third-order valence-electron chi connectivity index (χ3n) is 2.76. The van der Waals surface area contributed by atoms with E-state index in [0.717, 1.165) is 0 Å². The summed E-state index contributed by atoms with van der Waals surface area (Å²) in [7, 11) is 0. The number of aromatic nitrogens is 2. The van der Waals surface area contributed by atoms with Crippen molar-refractivity contribution >= 4 is 40.8 Å². The topological polar surface area (TPSA) is 55.1 Å². The van der Waals surface area contributed by atoms with E-state index in [1.165, 1.54) is 4.68 Å². The molecular formula is C13H11Cl3N2O2. The van der Waals surface area contributed by atoms with Crippen LogP contribution in [-0.2, 0) is 0 Å². The Morgan fingerprint density at radius 2 is 1.90 bits per heavy atom. The molecule has 1 heterocycles. The summed E-state index contributed by atoms with van der Waals surface area (Å²) in [6.07, 6.45) is 0. The van der Waals surface area contributed by atoms with Crippen molar-refractivity contribution in [2.24, 2.45) is 0 Å². The molecule has 0 atom stereocenters. The minimum absolute atomic E-state index is 0.00717. The molecule has 0 aliphatic heterocycles. The summed E-state index contributed by atoms with van der Waals surface area (Å²) in [6, 6.07) is 4.86. The van der Waals surface area contributed by atoms with E-state index in [0.29, 0.717) is 21.4 Å². The second kappa shape index (κ2) is 5.64. The maximum Gasteiger partial charge on any atom is 0.340 e. The second-order valence-corrected chi connectivity index (χ2v) is 5.69. The lowest BCUT2D eigenvalue weighted by molar-refractivity contribution is 0.0695. The summed E-state index contributed by atoms with van der Waals surface area (Å²) < 4.78 is 1.35. The van der Waals surface area contributed by atoms with Gasteiger partial charge in [-0.05, 0) is 24.1 Å². The zero-order chi connectivity index (χ0) is 15.0. The molecule has 0 radical (unpaired) electrons. The van der Waals surface area contributed by atoms with Gasteiger partial charge in [-0.1, -0.05) is 48.7 Å². The summed E-state index contributed by atoms with van der Waals surface area (Å²) in [5, 5.41) is 14.3. The third kappa shape index (κ3) is 2.64. The molecule has 0 amide bonds. The van der Waals surface area contributed by atoms with E-state index in [2.05, 4.69) is 5.10 Å². The highest BCUT2D eigenvalue weighted by Gasteiger charge is 2.24. The van der Waals surface area contributed by atoms with E-state index >= 15 is 0 Å². The zero-order valence-electron chi connectivity index (χ0n) is 10.7. The number of rotatable bonds is 3. The molecular weight excluding hydrogens is 323 g/mol. The van der Waals surface area contributed by atoms with Crippen molar-refractivity contribution in [1.29, 1.82) is 0 Å². The molecule has 2 rings (SSSR count). The number of carbonyl (C=O) groups is 1. The fraction of sp³-hybridized carbons (Fsp3) is 0.231. The van der Waals surface area contributed by atoms with Crippen LogP contribution in [0.15, 0.2) is 18.2 Å². The first-order valence-corrected chi connectivity index (χ1v) is 6.93. The van der Waals surface area contributed by atoms with E-state index in [9.17, 15) is 9.90 Å². The summed E-state index contributed by atoms with van der Waals surface area (Å²) in [5.41, 5.74) is 0.986. The molecule has 0 unspecified atom stereocenters. The Labute approximate surface area is 130 Å². The Morgan fingerprint density at radius 3 is 2.35 bits per heavy atom. The molecule has 0 aliphatic carbocycles. The van der Waals surface area contributed by atoms with Gasteiger partial charge in [0.05, 0.1) is 21.4 Å². The SMILES string of the molecule is CC(C)c1nn(-c2ccc(Cl)c(Cl)c2)c(Cl)c1C(=O)O. The largest absolute Gasteiger partial charge is 0.478 e. The molecule has 106 valence electrons. The lowest BCUT2D eigenvalue weighted by Gasteiger charge is -2.04. The van der Waals surface area contributed by atoms with E-state index < -0.39 is 5.97 Å². The first-order valence-electron chi connectivity index (χ1n) is 5.80. The molecule has 4 nitrogen and oxygen atoms in total. The lowest BCUT2D eigenvalue weighted by atomic mass is 10.1. The number of nitrogens with zero attached hydrogens (tertiary/aromatic N) is 2. The summed E-state index contributed by atoms with van der Waals surface area (Å²) in [5.74, 6) is -1.17. The molecule has 0 fully saturated rings. The molecule has 20 heavy (non-hydrogen) atoms. The number of aromatic carboxylic acids is 1. The third-order valence-corrected chi connectivity index (χ3v) is 3.85. The van der Waals surface area contributed by atoms with Gasteiger partial charge in [-0.3, -0.25) is 0 Å². The Bertz CT molecular complexity index is 680. The van der Waals surface area contributed by atoms with Crippen molar-refractivity contribution in [3.05, 3.63) is 44.7 Å². The smallest absolute Gasteiger partial charge is 0.340 e. The van der Waals surface area contributed by atoms with Crippen molar-refractivity contribution in [3.8, 4) is 5.69 Å². The van der Waals surface area contributed by atoms with Gasteiger partial charge in [0.2, 0.25) is 0 Å². The minimum Gasteiger partial charge on any atom is -0.478 e. The van der Waals surface area contributed by atoms with Crippen LogP contribution in [0.5, 0.6) is 0 Å². The summed E-state index contributed by atoms with van der Waals surface area (Å²) >= 11 is 18.0. The molecule has 7 heteroatoms. The molecule has 0 saturated heterocycles. The quantitative estimate of drug-likeness (QED) is 0.889. The summed E-state index contributed by atoms with van der Waals surface area (Å²) in [4.78, 5) is 11.3. The van der Waals surface area contributed by atoms with Crippen LogP contribution in [0.3, 0.4) is 0 Å². The molecule has 0 saturated carbocycles. The van der Waals surface area contributed by atoms with Gasteiger partial charge in [-0.2, -0.15) is 5.10 Å². The highest BCUT2D eigenvalue weighted by Crippen LogP contribution is 2.30. The number of carboxylic acids is 1. The van der Waals surface area contributed by atoms with Gasteiger partial charge >= 0.3 is 5.97 Å². The fourth-order valence-corrected chi connectivity index (χ4v) is 2.41. The fourth-order valence-electron chi connectivity index (χ4n) is 1.80. The number of carboxylic acid groups (broad SMARTS) is 1. The highest BCUT2D eigenvalue weighted by molar-refractivity contribution is 6.42. The van der Waals surface area contributed by atoms with Crippen LogP contribution in [0.4, 0.5) is 0 Å². The van der Waals surface area contributed by atoms with Crippen molar-refractivity contribution in [1.82, 2.24) is 9.78 Å². The molecule has 2 aromatic rings. The predicted octanol–water partition coefficient (Wildman–Crippen LogP) is 4.65. The molecule has 0 spiro atoms. The van der Waals surface area contributed by atoms with Crippen LogP contribution >= 0.6 is 34.8 Å². The maximum absolute atomic E-state index is 11.3. The van der Waals surface area contributed by atoms with Crippen LogP contribution in [0, 0.1) is 0 Å². The highest BCUT2D eigenvalue weighted by atomic mass is 35.5. The Balaban J connectivity index is 2.66.